The lowest BCUT2D eigenvalue weighted by Gasteiger charge is -2.26. The second kappa shape index (κ2) is 7.46. The smallest absolute Gasteiger partial charge is 0.248 e. The molecule has 150 valence electrons. The molecule has 4 rings (SSSR count). The van der Waals surface area contributed by atoms with Gasteiger partial charge in [-0.1, -0.05) is 17.2 Å². The summed E-state index contributed by atoms with van der Waals surface area (Å²) in [5.74, 6) is 2.26. The summed E-state index contributed by atoms with van der Waals surface area (Å²) in [7, 11) is 4.79. The van der Waals surface area contributed by atoms with Crippen molar-refractivity contribution in [3.05, 3.63) is 58.7 Å². The molecule has 2 heterocycles. The molecule has 0 spiro atoms. The normalized spacial score (nSPS) is 15.2. The molecule has 0 fully saturated rings. The highest BCUT2D eigenvalue weighted by molar-refractivity contribution is 5.78. The van der Waals surface area contributed by atoms with Crippen molar-refractivity contribution in [1.82, 2.24) is 20.2 Å². The van der Waals surface area contributed by atoms with Crippen LogP contribution in [0.5, 0.6) is 17.2 Å². The van der Waals surface area contributed by atoms with E-state index >= 15 is 0 Å². The van der Waals surface area contributed by atoms with Crippen molar-refractivity contribution in [2.45, 2.75) is 19.9 Å². The summed E-state index contributed by atoms with van der Waals surface area (Å²) in [6.45, 7) is 4.20. The van der Waals surface area contributed by atoms with Gasteiger partial charge in [0.1, 0.15) is 6.04 Å². The molecule has 0 saturated heterocycles. The summed E-state index contributed by atoms with van der Waals surface area (Å²) >= 11 is 0. The maximum Gasteiger partial charge on any atom is 0.248 e. The minimum atomic E-state index is -0.285. The number of nitrogens with zero attached hydrogens (tertiary/aromatic N) is 4. The second-order valence-electron chi connectivity index (χ2n) is 6.82. The molecule has 1 aliphatic heterocycles. The number of ether oxygens (including phenoxy) is 3. The number of allylic oxidation sites excluding steroid dienone is 1. The zero-order valence-electron chi connectivity index (χ0n) is 17.1. The molecule has 1 atom stereocenters. The molecular weight excluding hydrogens is 370 g/mol. The van der Waals surface area contributed by atoms with Gasteiger partial charge in [-0.15, -0.1) is 0 Å². The van der Waals surface area contributed by atoms with E-state index in [4.69, 9.17) is 14.2 Å². The molecule has 0 saturated carbocycles. The lowest BCUT2D eigenvalue weighted by atomic mass is 9.98. The molecule has 0 aliphatic carbocycles. The van der Waals surface area contributed by atoms with E-state index in [0.717, 1.165) is 16.8 Å². The monoisotopic (exact) mass is 393 g/mol. The fourth-order valence-electron chi connectivity index (χ4n) is 3.51. The number of nitrogens with one attached hydrogen (secondary N) is 1. The highest BCUT2D eigenvalue weighted by Gasteiger charge is 2.29. The van der Waals surface area contributed by atoms with Crippen molar-refractivity contribution in [3.63, 3.8) is 0 Å². The lowest BCUT2D eigenvalue weighted by Crippen LogP contribution is -2.21. The van der Waals surface area contributed by atoms with Crippen LogP contribution in [0.4, 0.5) is 5.95 Å². The molecule has 0 bridgehead atoms. The number of hydrogen-bond donors (Lipinski definition) is 1. The molecule has 8 nitrogen and oxygen atoms in total. The topological polar surface area (TPSA) is 83.3 Å². The summed E-state index contributed by atoms with van der Waals surface area (Å²) in [5.41, 5.74) is 5.31. The molecule has 1 aromatic heterocycles. The van der Waals surface area contributed by atoms with Crippen LogP contribution in [0.25, 0.3) is 5.70 Å². The van der Waals surface area contributed by atoms with Gasteiger partial charge in [-0.05, 0) is 65.2 Å². The Balaban J connectivity index is 1.88. The molecule has 1 N–H and O–H groups in total. The highest BCUT2D eigenvalue weighted by Crippen LogP contribution is 2.45. The van der Waals surface area contributed by atoms with Crippen LogP contribution in [0, 0.1) is 13.8 Å². The molecule has 1 aliphatic rings. The van der Waals surface area contributed by atoms with Crippen molar-refractivity contribution in [1.29, 1.82) is 0 Å². The van der Waals surface area contributed by atoms with Crippen LogP contribution >= 0.6 is 0 Å². The van der Waals surface area contributed by atoms with E-state index in [0.29, 0.717) is 23.2 Å². The van der Waals surface area contributed by atoms with Crippen LogP contribution in [-0.4, -0.2) is 41.5 Å². The summed E-state index contributed by atoms with van der Waals surface area (Å²) < 4.78 is 18.4. The first-order valence-corrected chi connectivity index (χ1v) is 9.20. The lowest BCUT2D eigenvalue weighted by molar-refractivity contribution is 0.320. The predicted octanol–water partition coefficient (Wildman–Crippen LogP) is 3.37. The van der Waals surface area contributed by atoms with Crippen molar-refractivity contribution >= 4 is 11.6 Å². The molecule has 2 aromatic carbocycles. The Morgan fingerprint density at radius 2 is 1.72 bits per heavy atom. The van der Waals surface area contributed by atoms with Crippen molar-refractivity contribution in [3.8, 4) is 17.2 Å². The Bertz CT molecular complexity index is 1090. The average Bonchev–Trinajstić information content (AvgIpc) is 3.22. The van der Waals surface area contributed by atoms with E-state index < -0.39 is 0 Å². The van der Waals surface area contributed by atoms with Gasteiger partial charge >= 0.3 is 0 Å². The maximum absolute atomic E-state index is 5.69. The molecule has 0 unspecified atom stereocenters. The van der Waals surface area contributed by atoms with Gasteiger partial charge < -0.3 is 19.5 Å². The fourth-order valence-corrected chi connectivity index (χ4v) is 3.51. The summed E-state index contributed by atoms with van der Waals surface area (Å²) in [4.78, 5) is 0. The first-order chi connectivity index (χ1) is 14.1. The van der Waals surface area contributed by atoms with E-state index in [2.05, 4.69) is 59.0 Å². The largest absolute Gasteiger partial charge is 0.493 e. The number of tetrazole rings is 1. The predicted molar refractivity (Wildman–Crippen MR) is 110 cm³/mol. The van der Waals surface area contributed by atoms with E-state index in [1.54, 1.807) is 26.0 Å². The summed E-state index contributed by atoms with van der Waals surface area (Å²) in [6.07, 6.45) is 2.08. The summed E-state index contributed by atoms with van der Waals surface area (Å²) in [6, 6.07) is 9.85. The first kappa shape index (κ1) is 18.8. The Morgan fingerprint density at radius 1 is 0.931 bits per heavy atom. The number of anilines is 1. The quantitative estimate of drug-likeness (QED) is 0.711. The van der Waals surface area contributed by atoms with Crippen molar-refractivity contribution in [2.24, 2.45) is 0 Å². The van der Waals surface area contributed by atoms with Crippen LogP contribution < -0.4 is 19.5 Å². The molecule has 0 radical (unpaired) electrons. The number of methoxy groups -OCH3 is 3. The van der Waals surface area contributed by atoms with Crippen LogP contribution in [0.15, 0.2) is 36.4 Å². The second-order valence-corrected chi connectivity index (χ2v) is 6.82. The standard InChI is InChI=1S/C21H23N5O3/c1-12-6-7-14(10-13(12)2)16-11-17(26-21(22-16)23-24-25-26)15-8-9-18(27-3)20(29-5)19(15)28-4/h6-11,17H,1-5H3,(H,22,23,25)/t17-/m1/s1. The molecule has 0 amide bonds. The van der Waals surface area contributed by atoms with Gasteiger partial charge in [0.15, 0.2) is 11.5 Å². The Labute approximate surface area is 169 Å². The molecule has 3 aromatic rings. The van der Waals surface area contributed by atoms with Gasteiger partial charge in [0.2, 0.25) is 11.7 Å². The number of rotatable bonds is 5. The van der Waals surface area contributed by atoms with Gasteiger partial charge in [0.25, 0.3) is 0 Å². The van der Waals surface area contributed by atoms with Crippen molar-refractivity contribution < 1.29 is 14.2 Å². The van der Waals surface area contributed by atoms with Crippen LogP contribution in [0.1, 0.15) is 28.3 Å². The third kappa shape index (κ3) is 3.16. The third-order valence-corrected chi connectivity index (χ3v) is 5.20. The van der Waals surface area contributed by atoms with Gasteiger partial charge in [-0.25, -0.2) is 0 Å². The Kier molecular flexibility index (Phi) is 4.84. The minimum absolute atomic E-state index is 0.285. The average molecular weight is 393 g/mol. The number of aromatic nitrogens is 4. The SMILES string of the molecule is COc1ccc([C@H]2C=C(c3ccc(C)c(C)c3)Nc3nnnn32)c(OC)c1OC. The van der Waals surface area contributed by atoms with Crippen molar-refractivity contribution in [2.75, 3.05) is 26.6 Å². The maximum atomic E-state index is 5.69. The van der Waals surface area contributed by atoms with Crippen LogP contribution in [-0.2, 0) is 0 Å². The van der Waals surface area contributed by atoms with Gasteiger partial charge in [-0.2, -0.15) is 4.68 Å². The van der Waals surface area contributed by atoms with Gasteiger partial charge in [0.05, 0.1) is 21.3 Å². The molecular formula is C21H23N5O3. The Morgan fingerprint density at radius 3 is 2.41 bits per heavy atom. The molecule has 8 heteroatoms. The number of fused-ring (bicyclic) bond motifs is 1. The highest BCUT2D eigenvalue weighted by atomic mass is 16.5. The fraction of sp³-hybridized carbons (Fsp3) is 0.286. The summed E-state index contributed by atoms with van der Waals surface area (Å²) in [5, 5.41) is 15.5. The van der Waals surface area contributed by atoms with Crippen LogP contribution in [0.3, 0.4) is 0 Å². The van der Waals surface area contributed by atoms with Gasteiger partial charge in [0, 0.05) is 11.3 Å². The molecule has 29 heavy (non-hydrogen) atoms. The zero-order chi connectivity index (χ0) is 20.5. The third-order valence-electron chi connectivity index (χ3n) is 5.20. The van der Waals surface area contributed by atoms with Crippen LogP contribution in [0.2, 0.25) is 0 Å². The number of aryl methyl sites for hydroxylation is 2. The minimum Gasteiger partial charge on any atom is -0.493 e. The van der Waals surface area contributed by atoms with Gasteiger partial charge in [-0.3, -0.25) is 0 Å². The number of benzene rings is 2. The zero-order valence-corrected chi connectivity index (χ0v) is 17.1. The first-order valence-electron chi connectivity index (χ1n) is 9.20. The number of hydrogen-bond acceptors (Lipinski definition) is 7. The van der Waals surface area contributed by atoms with E-state index in [9.17, 15) is 0 Å². The van der Waals surface area contributed by atoms with E-state index in [-0.39, 0.29) is 6.04 Å². The Hall–Kier alpha value is -3.55. The van der Waals surface area contributed by atoms with E-state index in [1.807, 2.05) is 12.1 Å². The van der Waals surface area contributed by atoms with E-state index in [1.165, 1.54) is 11.1 Å².